The van der Waals surface area contributed by atoms with Gasteiger partial charge >= 0.3 is 5.97 Å². The Labute approximate surface area is 94.7 Å². The molecule has 0 fully saturated rings. The van der Waals surface area contributed by atoms with Crippen molar-refractivity contribution in [2.45, 2.75) is 38.3 Å². The quantitative estimate of drug-likeness (QED) is 0.776. The van der Waals surface area contributed by atoms with Gasteiger partial charge in [-0.15, -0.1) is 12.6 Å². The van der Waals surface area contributed by atoms with Crippen LogP contribution in [0.1, 0.15) is 32.1 Å². The van der Waals surface area contributed by atoms with Crippen LogP contribution in [0.2, 0.25) is 0 Å². The van der Waals surface area contributed by atoms with E-state index in [2.05, 4.69) is 17.6 Å². The third kappa shape index (κ3) is 2.99. The molecule has 0 aliphatic rings. The molecule has 0 amide bonds. The number of aromatic nitrogens is 2. The zero-order chi connectivity index (χ0) is 11.6. The maximum absolute atomic E-state index is 11.1. The van der Waals surface area contributed by atoms with Crippen molar-refractivity contribution in [2.24, 2.45) is 5.92 Å². The zero-order valence-electron chi connectivity index (χ0n) is 9.14. The Morgan fingerprint density at radius 2 is 2.27 bits per heavy atom. The zero-order valence-corrected chi connectivity index (χ0v) is 10.0. The van der Waals surface area contributed by atoms with Gasteiger partial charge in [0, 0.05) is 6.20 Å². The SMILES string of the molecule is Cc1nc(S)cn1[C@@H](CC(C)C)C(=O)O. The standard InChI is InChI=1S/C10H16N2O2S/c1-6(2)4-8(10(13)14)12-5-9(15)11-7(12)3/h5-6,8,15H,4H2,1-3H3,(H,13,14)/t8-/m0/s1. The van der Waals surface area contributed by atoms with Crippen molar-refractivity contribution in [3.05, 3.63) is 12.0 Å². The second kappa shape index (κ2) is 4.70. The minimum absolute atomic E-state index is 0.330. The Bertz CT molecular complexity index is 360. The first-order chi connectivity index (χ1) is 6.91. The molecule has 0 saturated carbocycles. The summed E-state index contributed by atoms with van der Waals surface area (Å²) in [7, 11) is 0. The third-order valence-electron chi connectivity index (χ3n) is 2.22. The summed E-state index contributed by atoms with van der Waals surface area (Å²) in [6.45, 7) is 5.80. The molecule has 1 heterocycles. The van der Waals surface area contributed by atoms with E-state index in [4.69, 9.17) is 5.11 Å². The van der Waals surface area contributed by atoms with Gasteiger partial charge in [0.15, 0.2) is 0 Å². The number of aliphatic carboxylic acids is 1. The average molecular weight is 228 g/mol. The molecule has 0 aromatic carbocycles. The van der Waals surface area contributed by atoms with E-state index in [9.17, 15) is 4.79 Å². The molecule has 0 aliphatic heterocycles. The van der Waals surface area contributed by atoms with Gasteiger partial charge in [-0.25, -0.2) is 9.78 Å². The summed E-state index contributed by atoms with van der Waals surface area (Å²) in [5.41, 5.74) is 0. The van der Waals surface area contributed by atoms with Crippen LogP contribution >= 0.6 is 12.6 Å². The second-order valence-electron chi connectivity index (χ2n) is 4.04. The minimum atomic E-state index is -0.822. The van der Waals surface area contributed by atoms with Gasteiger partial charge in [-0.2, -0.15) is 0 Å². The maximum atomic E-state index is 11.1. The highest BCUT2D eigenvalue weighted by Gasteiger charge is 2.22. The number of imidazole rings is 1. The van der Waals surface area contributed by atoms with Crippen molar-refractivity contribution in [2.75, 3.05) is 0 Å². The van der Waals surface area contributed by atoms with Gasteiger partial charge in [-0.3, -0.25) is 0 Å². The fourth-order valence-electron chi connectivity index (χ4n) is 1.57. The second-order valence-corrected chi connectivity index (χ2v) is 4.50. The van der Waals surface area contributed by atoms with Crippen LogP contribution in [0.3, 0.4) is 0 Å². The van der Waals surface area contributed by atoms with E-state index in [0.717, 1.165) is 0 Å². The molecule has 1 N–H and O–H groups in total. The smallest absolute Gasteiger partial charge is 0.326 e. The highest BCUT2D eigenvalue weighted by molar-refractivity contribution is 7.80. The van der Waals surface area contributed by atoms with Gasteiger partial charge in [0.1, 0.15) is 16.9 Å². The molecule has 1 aromatic heterocycles. The Balaban J connectivity index is 2.98. The van der Waals surface area contributed by atoms with E-state index in [-0.39, 0.29) is 0 Å². The predicted molar refractivity (Wildman–Crippen MR) is 60.3 cm³/mol. The maximum Gasteiger partial charge on any atom is 0.326 e. The number of carboxylic acid groups (broad SMARTS) is 1. The van der Waals surface area contributed by atoms with Crippen molar-refractivity contribution in [3.63, 3.8) is 0 Å². The first-order valence-corrected chi connectivity index (χ1v) is 5.33. The van der Waals surface area contributed by atoms with Crippen LogP contribution in [0, 0.1) is 12.8 Å². The molecule has 1 aromatic rings. The summed E-state index contributed by atoms with van der Waals surface area (Å²) < 4.78 is 1.67. The van der Waals surface area contributed by atoms with E-state index < -0.39 is 12.0 Å². The van der Waals surface area contributed by atoms with E-state index in [0.29, 0.717) is 23.2 Å². The van der Waals surface area contributed by atoms with Crippen molar-refractivity contribution < 1.29 is 9.90 Å². The molecule has 0 unspecified atom stereocenters. The third-order valence-corrected chi connectivity index (χ3v) is 2.44. The summed E-state index contributed by atoms with van der Waals surface area (Å²) in [6.07, 6.45) is 2.26. The fraction of sp³-hybridized carbons (Fsp3) is 0.600. The normalized spacial score (nSPS) is 13.1. The van der Waals surface area contributed by atoms with Crippen molar-refractivity contribution in [1.82, 2.24) is 9.55 Å². The summed E-state index contributed by atoms with van der Waals surface area (Å²) in [4.78, 5) is 15.2. The van der Waals surface area contributed by atoms with E-state index in [1.54, 1.807) is 17.7 Å². The van der Waals surface area contributed by atoms with Gasteiger partial charge < -0.3 is 9.67 Å². The lowest BCUT2D eigenvalue weighted by molar-refractivity contribution is -0.141. The van der Waals surface area contributed by atoms with Crippen LogP contribution in [0.5, 0.6) is 0 Å². The molecule has 4 nitrogen and oxygen atoms in total. The lowest BCUT2D eigenvalue weighted by Gasteiger charge is -2.17. The number of carbonyl (C=O) groups is 1. The molecule has 0 bridgehead atoms. The summed E-state index contributed by atoms with van der Waals surface area (Å²) in [5, 5.41) is 9.69. The number of carboxylic acids is 1. The molecule has 15 heavy (non-hydrogen) atoms. The van der Waals surface area contributed by atoms with E-state index >= 15 is 0 Å². The van der Waals surface area contributed by atoms with Gasteiger partial charge in [0.25, 0.3) is 0 Å². The number of hydrogen-bond acceptors (Lipinski definition) is 3. The first kappa shape index (κ1) is 12.1. The topological polar surface area (TPSA) is 55.1 Å². The van der Waals surface area contributed by atoms with Crippen LogP contribution in [0.25, 0.3) is 0 Å². The lowest BCUT2D eigenvalue weighted by atomic mass is 10.0. The number of thiol groups is 1. The van der Waals surface area contributed by atoms with Crippen molar-refractivity contribution in [3.8, 4) is 0 Å². The summed E-state index contributed by atoms with van der Waals surface area (Å²) >= 11 is 4.10. The molecule has 1 rings (SSSR count). The minimum Gasteiger partial charge on any atom is -0.480 e. The summed E-state index contributed by atoms with van der Waals surface area (Å²) in [5.74, 6) is 0.196. The Morgan fingerprint density at radius 1 is 1.67 bits per heavy atom. The van der Waals surface area contributed by atoms with Crippen molar-refractivity contribution in [1.29, 1.82) is 0 Å². The Morgan fingerprint density at radius 3 is 2.60 bits per heavy atom. The predicted octanol–water partition coefficient (Wildman–Crippen LogP) is 2.15. The van der Waals surface area contributed by atoms with Crippen LogP contribution in [0.4, 0.5) is 0 Å². The number of rotatable bonds is 4. The molecule has 0 spiro atoms. The fourth-order valence-corrected chi connectivity index (χ4v) is 1.83. The number of hydrogen-bond donors (Lipinski definition) is 2. The molecule has 0 aliphatic carbocycles. The molecule has 84 valence electrons. The molecule has 5 heteroatoms. The lowest BCUT2D eigenvalue weighted by Crippen LogP contribution is -2.21. The van der Waals surface area contributed by atoms with Gasteiger partial charge in [-0.05, 0) is 19.3 Å². The van der Waals surface area contributed by atoms with Crippen molar-refractivity contribution >= 4 is 18.6 Å². The number of nitrogens with zero attached hydrogens (tertiary/aromatic N) is 2. The van der Waals surface area contributed by atoms with Crippen LogP contribution in [-0.2, 0) is 4.79 Å². The van der Waals surface area contributed by atoms with Gasteiger partial charge in [-0.1, -0.05) is 13.8 Å². The first-order valence-electron chi connectivity index (χ1n) is 4.89. The molecule has 1 atom stereocenters. The molecular weight excluding hydrogens is 212 g/mol. The Hall–Kier alpha value is -0.970. The highest BCUT2D eigenvalue weighted by atomic mass is 32.1. The largest absolute Gasteiger partial charge is 0.480 e. The van der Waals surface area contributed by atoms with Gasteiger partial charge in [0.2, 0.25) is 0 Å². The van der Waals surface area contributed by atoms with E-state index in [1.807, 2.05) is 13.8 Å². The molecule has 0 radical (unpaired) electrons. The highest BCUT2D eigenvalue weighted by Crippen LogP contribution is 2.21. The van der Waals surface area contributed by atoms with Crippen LogP contribution in [0.15, 0.2) is 11.2 Å². The average Bonchev–Trinajstić information content (AvgIpc) is 2.40. The van der Waals surface area contributed by atoms with Gasteiger partial charge in [0.05, 0.1) is 0 Å². The molecule has 0 saturated heterocycles. The van der Waals surface area contributed by atoms with Crippen LogP contribution in [-0.4, -0.2) is 20.6 Å². The Kier molecular flexibility index (Phi) is 3.79. The van der Waals surface area contributed by atoms with E-state index in [1.165, 1.54) is 0 Å². The molecular formula is C10H16N2O2S. The number of aryl methyl sites for hydroxylation is 1. The monoisotopic (exact) mass is 228 g/mol. The summed E-state index contributed by atoms with van der Waals surface area (Å²) in [6, 6.07) is -0.543. The van der Waals surface area contributed by atoms with Crippen LogP contribution < -0.4 is 0 Å².